The van der Waals surface area contributed by atoms with Gasteiger partial charge in [0.25, 0.3) is 5.91 Å². The average Bonchev–Trinajstić information content (AvgIpc) is 3.00. The van der Waals surface area contributed by atoms with Crippen molar-refractivity contribution in [1.82, 2.24) is 9.88 Å². The number of methoxy groups -OCH3 is 1. The molecule has 6 heteroatoms. The number of ether oxygens (including phenoxy) is 1. The number of carbonyl (C=O) groups is 1. The number of hydrogen-bond acceptors (Lipinski definition) is 2. The van der Waals surface area contributed by atoms with Gasteiger partial charge in [-0.2, -0.15) is 0 Å². The molecule has 0 saturated heterocycles. The van der Waals surface area contributed by atoms with Crippen molar-refractivity contribution in [3.05, 3.63) is 64.9 Å². The fraction of sp³-hybridized carbons (Fsp3) is 0.211. The van der Waals surface area contributed by atoms with Crippen LogP contribution in [0, 0.1) is 11.6 Å². The fourth-order valence-electron chi connectivity index (χ4n) is 3.33. The lowest BCUT2D eigenvalue weighted by Crippen LogP contribution is -2.35. The lowest BCUT2D eigenvalue weighted by atomic mass is 10.0. The summed E-state index contributed by atoms with van der Waals surface area (Å²) in [4.78, 5) is 17.6. The molecule has 3 aromatic rings. The second-order valence-corrected chi connectivity index (χ2v) is 6.10. The number of fused-ring (bicyclic) bond motifs is 3. The SMILES string of the molecule is COc1ccc2[nH]c3c(c2c1)CCN(C(=O)c1ccc(F)c(F)c1)C3. The number of aromatic amines is 1. The molecule has 1 aliphatic rings. The second kappa shape index (κ2) is 5.88. The Morgan fingerprint density at radius 2 is 2.00 bits per heavy atom. The Morgan fingerprint density at radius 3 is 2.76 bits per heavy atom. The molecule has 0 unspecified atom stereocenters. The van der Waals surface area contributed by atoms with Gasteiger partial charge in [-0.1, -0.05) is 0 Å². The molecule has 0 saturated carbocycles. The van der Waals surface area contributed by atoms with E-state index in [1.165, 1.54) is 11.6 Å². The van der Waals surface area contributed by atoms with E-state index in [0.29, 0.717) is 19.5 Å². The molecule has 1 N–H and O–H groups in total. The lowest BCUT2D eigenvalue weighted by Gasteiger charge is -2.27. The van der Waals surface area contributed by atoms with Crippen LogP contribution < -0.4 is 4.74 Å². The molecule has 0 atom stereocenters. The minimum atomic E-state index is -1.01. The molecular weight excluding hydrogens is 326 g/mol. The van der Waals surface area contributed by atoms with E-state index in [2.05, 4.69) is 4.98 Å². The number of nitrogens with one attached hydrogen (secondary N) is 1. The average molecular weight is 342 g/mol. The first-order valence-corrected chi connectivity index (χ1v) is 7.98. The molecule has 0 bridgehead atoms. The minimum absolute atomic E-state index is 0.153. The van der Waals surface area contributed by atoms with Crippen LogP contribution in [-0.4, -0.2) is 29.4 Å². The highest BCUT2D eigenvalue weighted by atomic mass is 19.2. The van der Waals surface area contributed by atoms with Crippen LogP contribution in [0.2, 0.25) is 0 Å². The molecule has 0 aliphatic carbocycles. The van der Waals surface area contributed by atoms with Crippen molar-refractivity contribution in [3.8, 4) is 5.75 Å². The standard InChI is InChI=1S/C19H16F2N2O2/c1-25-12-3-5-17-14(9-12)13-6-7-23(10-18(13)22-17)19(24)11-2-4-15(20)16(21)8-11/h2-5,8-9,22H,6-7,10H2,1H3. The Morgan fingerprint density at radius 1 is 1.16 bits per heavy atom. The van der Waals surface area contributed by atoms with Crippen LogP contribution in [-0.2, 0) is 13.0 Å². The highest BCUT2D eigenvalue weighted by molar-refractivity contribution is 5.95. The summed E-state index contributed by atoms with van der Waals surface area (Å²) in [6, 6.07) is 9.06. The van der Waals surface area contributed by atoms with Gasteiger partial charge in [0.1, 0.15) is 5.75 Å². The number of aromatic nitrogens is 1. The maximum atomic E-state index is 13.4. The third-order valence-corrected chi connectivity index (χ3v) is 4.64. The van der Waals surface area contributed by atoms with Crippen molar-refractivity contribution < 1.29 is 18.3 Å². The number of halogens is 2. The summed E-state index contributed by atoms with van der Waals surface area (Å²) < 4.78 is 31.7. The topological polar surface area (TPSA) is 45.3 Å². The molecule has 128 valence electrons. The van der Waals surface area contributed by atoms with Gasteiger partial charge in [0, 0.05) is 28.7 Å². The molecule has 2 heterocycles. The Bertz CT molecular complexity index is 981. The maximum absolute atomic E-state index is 13.4. The van der Waals surface area contributed by atoms with Gasteiger partial charge >= 0.3 is 0 Å². The summed E-state index contributed by atoms with van der Waals surface area (Å²) in [5, 5.41) is 1.09. The Balaban J connectivity index is 1.64. The van der Waals surface area contributed by atoms with E-state index in [0.717, 1.165) is 34.5 Å². The van der Waals surface area contributed by atoms with E-state index >= 15 is 0 Å². The van der Waals surface area contributed by atoms with Crippen LogP contribution in [0.5, 0.6) is 5.75 Å². The summed E-state index contributed by atoms with van der Waals surface area (Å²) in [7, 11) is 1.63. The first kappa shape index (κ1) is 15.6. The zero-order valence-electron chi connectivity index (χ0n) is 13.6. The molecule has 2 aromatic carbocycles. The Hall–Kier alpha value is -2.89. The molecule has 1 aliphatic heterocycles. The van der Waals surface area contributed by atoms with Gasteiger partial charge < -0.3 is 14.6 Å². The molecule has 1 aromatic heterocycles. The highest BCUT2D eigenvalue weighted by Gasteiger charge is 2.25. The summed E-state index contributed by atoms with van der Waals surface area (Å²) in [5.41, 5.74) is 3.28. The second-order valence-electron chi connectivity index (χ2n) is 6.10. The summed E-state index contributed by atoms with van der Waals surface area (Å²) >= 11 is 0. The third-order valence-electron chi connectivity index (χ3n) is 4.64. The first-order valence-electron chi connectivity index (χ1n) is 7.98. The lowest BCUT2D eigenvalue weighted by molar-refractivity contribution is 0.0732. The van der Waals surface area contributed by atoms with Crippen molar-refractivity contribution in [2.45, 2.75) is 13.0 Å². The summed E-state index contributed by atoms with van der Waals surface area (Å²) in [6.45, 7) is 0.930. The number of carbonyl (C=O) groups excluding carboxylic acids is 1. The molecule has 1 amide bonds. The number of rotatable bonds is 2. The van der Waals surface area contributed by atoms with Crippen molar-refractivity contribution in [3.63, 3.8) is 0 Å². The van der Waals surface area contributed by atoms with Crippen LogP contribution in [0.15, 0.2) is 36.4 Å². The van der Waals surface area contributed by atoms with E-state index in [9.17, 15) is 13.6 Å². The van der Waals surface area contributed by atoms with Gasteiger partial charge in [-0.15, -0.1) is 0 Å². The van der Waals surface area contributed by atoms with Crippen molar-refractivity contribution in [2.75, 3.05) is 13.7 Å². The van der Waals surface area contributed by atoms with Crippen LogP contribution in [0.3, 0.4) is 0 Å². The monoisotopic (exact) mass is 342 g/mol. The van der Waals surface area contributed by atoms with Crippen LogP contribution in [0.25, 0.3) is 10.9 Å². The van der Waals surface area contributed by atoms with Crippen LogP contribution >= 0.6 is 0 Å². The van der Waals surface area contributed by atoms with Crippen molar-refractivity contribution in [2.24, 2.45) is 0 Å². The number of benzene rings is 2. The van der Waals surface area contributed by atoms with Gasteiger partial charge in [0.2, 0.25) is 0 Å². The molecular formula is C19H16F2N2O2. The van der Waals surface area contributed by atoms with Crippen LogP contribution in [0.1, 0.15) is 21.6 Å². The molecule has 4 rings (SSSR count). The largest absolute Gasteiger partial charge is 0.497 e. The first-order chi connectivity index (χ1) is 12.1. The number of hydrogen-bond donors (Lipinski definition) is 1. The smallest absolute Gasteiger partial charge is 0.254 e. The molecule has 0 fully saturated rings. The van der Waals surface area contributed by atoms with Gasteiger partial charge in [0.15, 0.2) is 11.6 Å². The molecule has 0 radical (unpaired) electrons. The Kier molecular flexibility index (Phi) is 3.67. The predicted octanol–water partition coefficient (Wildman–Crippen LogP) is 3.65. The van der Waals surface area contributed by atoms with Crippen LogP contribution in [0.4, 0.5) is 8.78 Å². The molecule has 25 heavy (non-hydrogen) atoms. The normalized spacial score (nSPS) is 13.8. The quantitative estimate of drug-likeness (QED) is 0.773. The number of nitrogens with zero attached hydrogens (tertiary/aromatic N) is 1. The zero-order valence-corrected chi connectivity index (χ0v) is 13.6. The van der Waals surface area contributed by atoms with E-state index < -0.39 is 11.6 Å². The van der Waals surface area contributed by atoms with Gasteiger partial charge in [-0.05, 0) is 48.4 Å². The predicted molar refractivity (Wildman–Crippen MR) is 89.7 cm³/mol. The minimum Gasteiger partial charge on any atom is -0.497 e. The maximum Gasteiger partial charge on any atom is 0.254 e. The van der Waals surface area contributed by atoms with Crippen molar-refractivity contribution >= 4 is 16.8 Å². The van der Waals surface area contributed by atoms with Gasteiger partial charge in [0.05, 0.1) is 13.7 Å². The van der Waals surface area contributed by atoms with E-state index in [1.807, 2.05) is 18.2 Å². The van der Waals surface area contributed by atoms with E-state index in [-0.39, 0.29) is 11.5 Å². The van der Waals surface area contributed by atoms with E-state index in [4.69, 9.17) is 4.74 Å². The zero-order chi connectivity index (χ0) is 17.6. The van der Waals surface area contributed by atoms with Crippen molar-refractivity contribution in [1.29, 1.82) is 0 Å². The molecule has 4 nitrogen and oxygen atoms in total. The number of amides is 1. The highest BCUT2D eigenvalue weighted by Crippen LogP contribution is 2.30. The molecule has 0 spiro atoms. The summed E-state index contributed by atoms with van der Waals surface area (Å²) in [6.07, 6.45) is 0.692. The van der Waals surface area contributed by atoms with Gasteiger partial charge in [-0.3, -0.25) is 4.79 Å². The number of H-pyrrole nitrogens is 1. The van der Waals surface area contributed by atoms with E-state index in [1.54, 1.807) is 12.0 Å². The summed E-state index contributed by atoms with van der Waals surface area (Å²) in [5.74, 6) is -1.49. The third kappa shape index (κ3) is 2.63. The Labute approximate surface area is 143 Å². The fourth-order valence-corrected chi connectivity index (χ4v) is 3.33. The van der Waals surface area contributed by atoms with Gasteiger partial charge in [-0.25, -0.2) is 8.78 Å².